The molecule has 0 N–H and O–H groups in total. The molecule has 4 rings (SSSR count). The van der Waals surface area contributed by atoms with Gasteiger partial charge >= 0.3 is 0 Å². The molecule has 4 nitrogen and oxygen atoms in total. The number of rotatable bonds is 7. The number of halogens is 1. The third-order valence-electron chi connectivity index (χ3n) is 5.84. The normalized spacial score (nSPS) is 18.3. The van der Waals surface area contributed by atoms with Crippen molar-refractivity contribution in [1.29, 1.82) is 0 Å². The van der Waals surface area contributed by atoms with Crippen molar-refractivity contribution in [3.8, 4) is 5.75 Å². The lowest BCUT2D eigenvalue weighted by Gasteiger charge is -2.37. The average Bonchev–Trinajstić information content (AvgIpc) is 3.23. The summed E-state index contributed by atoms with van der Waals surface area (Å²) in [5.41, 5.74) is 1.84. The summed E-state index contributed by atoms with van der Waals surface area (Å²) >= 11 is 6.13. The molecule has 2 fully saturated rings. The molecule has 154 valence electrons. The highest BCUT2D eigenvalue weighted by molar-refractivity contribution is 6.30. The smallest absolute Gasteiger partial charge is 0.254 e. The molecule has 5 heteroatoms. The van der Waals surface area contributed by atoms with Crippen LogP contribution >= 0.6 is 11.6 Å². The summed E-state index contributed by atoms with van der Waals surface area (Å²) in [7, 11) is 0. The molecule has 0 radical (unpaired) electrons. The van der Waals surface area contributed by atoms with Crippen molar-refractivity contribution in [2.75, 3.05) is 19.8 Å². The van der Waals surface area contributed by atoms with Gasteiger partial charge < -0.3 is 14.4 Å². The highest BCUT2D eigenvalue weighted by Crippen LogP contribution is 2.30. The Balaban J connectivity index is 1.50. The summed E-state index contributed by atoms with van der Waals surface area (Å²) in [6, 6.07) is 15.6. The third-order valence-corrected chi connectivity index (χ3v) is 6.07. The Morgan fingerprint density at radius 1 is 1.17 bits per heavy atom. The molecule has 1 aliphatic carbocycles. The van der Waals surface area contributed by atoms with E-state index in [1.54, 1.807) is 12.1 Å². The van der Waals surface area contributed by atoms with Gasteiger partial charge in [-0.25, -0.2) is 0 Å². The average molecular weight is 414 g/mol. The van der Waals surface area contributed by atoms with Crippen molar-refractivity contribution in [2.45, 2.75) is 45.2 Å². The second-order valence-corrected chi connectivity index (χ2v) is 9.06. The first-order chi connectivity index (χ1) is 14.0. The molecular weight excluding hydrogens is 386 g/mol. The summed E-state index contributed by atoms with van der Waals surface area (Å²) < 4.78 is 11.3. The van der Waals surface area contributed by atoms with Crippen LogP contribution in [0.4, 0.5) is 0 Å². The Kier molecular flexibility index (Phi) is 6.12. The van der Waals surface area contributed by atoms with Gasteiger partial charge in [0.25, 0.3) is 5.91 Å². The molecule has 1 amide bonds. The zero-order valence-corrected chi connectivity index (χ0v) is 17.7. The largest absolute Gasteiger partial charge is 0.493 e. The molecule has 0 atom stereocenters. The van der Waals surface area contributed by atoms with Crippen LogP contribution in [0.25, 0.3) is 0 Å². The van der Waals surface area contributed by atoms with Gasteiger partial charge in [-0.15, -0.1) is 0 Å². The molecular formula is C24H28ClNO3. The minimum atomic E-state index is 0.0462. The maximum atomic E-state index is 13.3. The molecule has 1 saturated heterocycles. The van der Waals surface area contributed by atoms with Crippen LogP contribution in [0.1, 0.15) is 48.5 Å². The van der Waals surface area contributed by atoms with Gasteiger partial charge in [-0.05, 0) is 48.7 Å². The first kappa shape index (κ1) is 20.2. The summed E-state index contributed by atoms with van der Waals surface area (Å²) in [6.45, 7) is 4.89. The van der Waals surface area contributed by atoms with Crippen LogP contribution in [0, 0.1) is 5.41 Å². The molecule has 1 aliphatic heterocycles. The zero-order valence-electron chi connectivity index (χ0n) is 16.9. The highest BCUT2D eigenvalue weighted by Gasteiger charge is 2.34. The molecule has 0 aromatic heterocycles. The van der Waals surface area contributed by atoms with Crippen molar-refractivity contribution < 1.29 is 14.3 Å². The predicted molar refractivity (Wildman–Crippen MR) is 114 cm³/mol. The van der Waals surface area contributed by atoms with Gasteiger partial charge in [-0.3, -0.25) is 4.79 Å². The van der Waals surface area contributed by atoms with Crippen LogP contribution in [-0.4, -0.2) is 36.7 Å². The fourth-order valence-electron chi connectivity index (χ4n) is 4.09. The van der Waals surface area contributed by atoms with E-state index in [1.807, 2.05) is 29.2 Å². The van der Waals surface area contributed by atoms with Gasteiger partial charge in [-0.1, -0.05) is 49.6 Å². The monoisotopic (exact) mass is 413 g/mol. The fourth-order valence-corrected chi connectivity index (χ4v) is 4.28. The molecule has 0 spiro atoms. The molecule has 0 unspecified atom stereocenters. The van der Waals surface area contributed by atoms with E-state index in [1.165, 1.54) is 12.8 Å². The third kappa shape index (κ3) is 4.93. The van der Waals surface area contributed by atoms with Crippen LogP contribution in [0.3, 0.4) is 0 Å². The minimum Gasteiger partial charge on any atom is -0.493 e. The Morgan fingerprint density at radius 2 is 1.93 bits per heavy atom. The van der Waals surface area contributed by atoms with Gasteiger partial charge in [0.05, 0.1) is 19.8 Å². The van der Waals surface area contributed by atoms with Gasteiger partial charge in [0, 0.05) is 28.6 Å². The van der Waals surface area contributed by atoms with Crippen molar-refractivity contribution in [3.63, 3.8) is 0 Å². The van der Waals surface area contributed by atoms with Crippen LogP contribution in [0.5, 0.6) is 5.75 Å². The Hall–Kier alpha value is -2.04. The summed E-state index contributed by atoms with van der Waals surface area (Å²) in [6.07, 6.45) is 4.46. The minimum absolute atomic E-state index is 0.0462. The Labute approximate surface area is 177 Å². The summed E-state index contributed by atoms with van der Waals surface area (Å²) in [4.78, 5) is 15.3. The predicted octanol–water partition coefficient (Wildman–Crippen LogP) is 5.34. The number of hydrogen-bond acceptors (Lipinski definition) is 3. The molecule has 1 heterocycles. The number of carbonyl (C=O) groups is 1. The van der Waals surface area contributed by atoms with Crippen LogP contribution in [0.15, 0.2) is 48.5 Å². The van der Waals surface area contributed by atoms with Crippen LogP contribution < -0.4 is 4.74 Å². The standard InChI is InChI=1S/C24H28ClNO3/c1-24(15-28-16-24)17-29-22-11-4-6-18(12-22)14-26(21-9-2-3-10-21)23(27)19-7-5-8-20(25)13-19/h4-8,11-13,21H,2-3,9-10,14-17H2,1H3. The number of nitrogens with zero attached hydrogens (tertiary/aromatic N) is 1. The lowest BCUT2D eigenvalue weighted by molar-refractivity contribution is -0.120. The molecule has 29 heavy (non-hydrogen) atoms. The number of amides is 1. The van der Waals surface area contributed by atoms with Crippen molar-refractivity contribution in [1.82, 2.24) is 4.90 Å². The topological polar surface area (TPSA) is 38.8 Å². The zero-order chi connectivity index (χ0) is 20.3. The first-order valence-electron chi connectivity index (χ1n) is 10.4. The van der Waals surface area contributed by atoms with E-state index < -0.39 is 0 Å². The second-order valence-electron chi connectivity index (χ2n) is 8.62. The lowest BCUT2D eigenvalue weighted by atomic mass is 9.90. The van der Waals surface area contributed by atoms with E-state index >= 15 is 0 Å². The van der Waals surface area contributed by atoms with Crippen molar-refractivity contribution >= 4 is 17.5 Å². The van der Waals surface area contributed by atoms with E-state index in [4.69, 9.17) is 21.1 Å². The second kappa shape index (κ2) is 8.76. The highest BCUT2D eigenvalue weighted by atomic mass is 35.5. The van der Waals surface area contributed by atoms with Crippen molar-refractivity contribution in [3.05, 3.63) is 64.7 Å². The van der Waals surface area contributed by atoms with E-state index in [2.05, 4.69) is 19.1 Å². The lowest BCUT2D eigenvalue weighted by Crippen LogP contribution is -2.44. The van der Waals surface area contributed by atoms with Crippen LogP contribution in [0.2, 0.25) is 5.02 Å². The van der Waals surface area contributed by atoms with E-state index in [9.17, 15) is 4.79 Å². The molecule has 1 saturated carbocycles. The number of ether oxygens (including phenoxy) is 2. The maximum absolute atomic E-state index is 13.3. The van der Waals surface area contributed by atoms with E-state index in [0.29, 0.717) is 23.7 Å². The first-order valence-corrected chi connectivity index (χ1v) is 10.8. The van der Waals surface area contributed by atoms with Crippen LogP contribution in [-0.2, 0) is 11.3 Å². The van der Waals surface area contributed by atoms with Gasteiger partial charge in [0.15, 0.2) is 0 Å². The van der Waals surface area contributed by atoms with Crippen molar-refractivity contribution in [2.24, 2.45) is 5.41 Å². The number of carbonyl (C=O) groups excluding carboxylic acids is 1. The summed E-state index contributed by atoms with van der Waals surface area (Å²) in [5, 5.41) is 0.589. The fraction of sp³-hybridized carbons (Fsp3) is 0.458. The van der Waals surface area contributed by atoms with Gasteiger partial charge in [0.1, 0.15) is 5.75 Å². The van der Waals surface area contributed by atoms with E-state index in [0.717, 1.165) is 37.4 Å². The van der Waals surface area contributed by atoms with E-state index in [-0.39, 0.29) is 17.4 Å². The number of hydrogen-bond donors (Lipinski definition) is 0. The maximum Gasteiger partial charge on any atom is 0.254 e. The Morgan fingerprint density at radius 3 is 2.62 bits per heavy atom. The quantitative estimate of drug-likeness (QED) is 0.614. The number of benzene rings is 2. The summed E-state index contributed by atoms with van der Waals surface area (Å²) in [5.74, 6) is 0.891. The van der Waals surface area contributed by atoms with Gasteiger partial charge in [0.2, 0.25) is 0 Å². The molecule has 2 aliphatic rings. The Bertz CT molecular complexity index is 859. The molecule has 0 bridgehead atoms. The SMILES string of the molecule is CC1(COc2cccc(CN(C(=O)c3cccc(Cl)c3)C3CCCC3)c2)COC1. The molecule has 2 aromatic carbocycles. The van der Waals surface area contributed by atoms with Gasteiger partial charge in [-0.2, -0.15) is 0 Å². The molecule has 2 aromatic rings.